The van der Waals surface area contributed by atoms with Gasteiger partial charge in [0.1, 0.15) is 5.58 Å². The van der Waals surface area contributed by atoms with Gasteiger partial charge in [-0.15, -0.1) is 0 Å². The molecule has 0 spiro atoms. The van der Waals surface area contributed by atoms with Crippen LogP contribution in [0, 0.1) is 0 Å². The van der Waals surface area contributed by atoms with E-state index in [1.807, 2.05) is 12.1 Å². The van der Waals surface area contributed by atoms with Crippen LogP contribution in [0.2, 0.25) is 0 Å². The van der Waals surface area contributed by atoms with Crippen LogP contribution in [0.15, 0.2) is 180 Å². The highest BCUT2D eigenvalue weighted by Gasteiger charge is 2.29. The number of furan rings is 1. The topological polar surface area (TPSA) is 53.2 Å². The van der Waals surface area contributed by atoms with Gasteiger partial charge in [0.2, 0.25) is 11.7 Å². The summed E-state index contributed by atoms with van der Waals surface area (Å²) in [6, 6.07) is 62.7. The lowest BCUT2D eigenvalue weighted by molar-refractivity contribution is 0.651. The van der Waals surface area contributed by atoms with E-state index in [0.29, 0.717) is 11.7 Å². The van der Waals surface area contributed by atoms with Gasteiger partial charge in [0.05, 0.1) is 49.7 Å². The standard InChI is InChI=1S/C52H29N5O/c1-3-13-30(14-4-1)31-15-11-16-32(29-31)49-44-36-20-8-10-24-43(36)58-51(44)54-52(53-49)57-41-28-27-40-46-45-38(55(40)33-17-5-2-6-18-33)22-12-23-39(45)56-37-21-9-7-19-34(37)35-25-26-42(57)48(47(41)46)50(35)56/h1-29H. The Labute approximate surface area is 329 Å². The van der Waals surface area contributed by atoms with Crippen molar-refractivity contribution in [3.05, 3.63) is 176 Å². The zero-order valence-electron chi connectivity index (χ0n) is 30.9. The predicted octanol–water partition coefficient (Wildman–Crippen LogP) is 13.3. The van der Waals surface area contributed by atoms with Gasteiger partial charge >= 0.3 is 0 Å². The molecule has 6 heterocycles. The summed E-state index contributed by atoms with van der Waals surface area (Å²) in [5.74, 6) is 0.570. The fraction of sp³-hybridized carbons (Fsp3) is 0. The molecule has 0 aliphatic rings. The Morgan fingerprint density at radius 1 is 0.379 bits per heavy atom. The van der Waals surface area contributed by atoms with Gasteiger partial charge in [-0.3, -0.25) is 4.57 Å². The molecule has 268 valence electrons. The molecule has 0 bridgehead atoms. The van der Waals surface area contributed by atoms with E-state index in [1.54, 1.807) is 0 Å². The van der Waals surface area contributed by atoms with Crippen LogP contribution >= 0.6 is 0 Å². The molecule has 0 fully saturated rings. The highest BCUT2D eigenvalue weighted by molar-refractivity contribution is 6.38. The summed E-state index contributed by atoms with van der Waals surface area (Å²) < 4.78 is 13.8. The molecule has 8 aromatic carbocycles. The van der Waals surface area contributed by atoms with E-state index >= 15 is 0 Å². The molecule has 0 saturated heterocycles. The maximum absolute atomic E-state index is 6.62. The maximum atomic E-state index is 6.62. The molecule has 14 rings (SSSR count). The SMILES string of the molecule is c1ccc(-c2cccc(-c3nc(-n4c5ccc6c7c5c5c4ccc4c8ccccc8n(c8cccc(c78)n6-c6ccccc6)c45)nc4oc5ccccc5c34)c2)cc1. The van der Waals surface area contributed by atoms with Crippen molar-refractivity contribution in [1.82, 2.24) is 23.5 Å². The highest BCUT2D eigenvalue weighted by atomic mass is 16.3. The summed E-state index contributed by atoms with van der Waals surface area (Å²) in [4.78, 5) is 10.9. The Morgan fingerprint density at radius 2 is 1.00 bits per heavy atom. The second-order valence-corrected chi connectivity index (χ2v) is 15.3. The predicted molar refractivity (Wildman–Crippen MR) is 237 cm³/mol. The van der Waals surface area contributed by atoms with Gasteiger partial charge in [-0.1, -0.05) is 115 Å². The number of hydrogen-bond donors (Lipinski definition) is 0. The van der Waals surface area contributed by atoms with Crippen LogP contribution < -0.4 is 0 Å². The van der Waals surface area contributed by atoms with E-state index in [4.69, 9.17) is 14.4 Å². The molecule has 14 aromatic rings. The number of benzene rings is 8. The number of nitrogens with zero attached hydrogens (tertiary/aromatic N) is 5. The van der Waals surface area contributed by atoms with Gasteiger partial charge in [-0.2, -0.15) is 4.98 Å². The molecule has 0 unspecified atom stereocenters. The molecule has 0 saturated carbocycles. The molecule has 58 heavy (non-hydrogen) atoms. The second kappa shape index (κ2) is 10.9. The quantitative estimate of drug-likeness (QED) is 0.181. The highest BCUT2D eigenvalue weighted by Crippen LogP contribution is 2.49. The van der Waals surface area contributed by atoms with Crippen molar-refractivity contribution in [2.45, 2.75) is 0 Å². The van der Waals surface area contributed by atoms with Crippen molar-refractivity contribution in [2.75, 3.05) is 0 Å². The van der Waals surface area contributed by atoms with Crippen LogP contribution in [0.5, 0.6) is 0 Å². The minimum atomic E-state index is 0.563. The number of rotatable bonds is 4. The lowest BCUT2D eigenvalue weighted by Gasteiger charge is -2.11. The van der Waals surface area contributed by atoms with Gasteiger partial charge in [-0.05, 0) is 71.8 Å². The third kappa shape index (κ3) is 3.76. The Balaban J connectivity index is 1.17. The van der Waals surface area contributed by atoms with E-state index in [0.717, 1.165) is 55.5 Å². The van der Waals surface area contributed by atoms with Crippen LogP contribution in [0.25, 0.3) is 127 Å². The van der Waals surface area contributed by atoms with Gasteiger partial charge in [0.25, 0.3) is 0 Å². The smallest absolute Gasteiger partial charge is 0.238 e. The number of para-hydroxylation sites is 3. The van der Waals surface area contributed by atoms with Gasteiger partial charge in [0, 0.05) is 49.0 Å². The summed E-state index contributed by atoms with van der Waals surface area (Å²) in [6.07, 6.45) is 0. The normalized spacial score (nSPS) is 12.5. The van der Waals surface area contributed by atoms with E-state index in [-0.39, 0.29) is 0 Å². The fourth-order valence-corrected chi connectivity index (χ4v) is 10.1. The Bertz CT molecular complexity index is 3960. The lowest BCUT2D eigenvalue weighted by atomic mass is 10.00. The number of aromatic nitrogens is 5. The third-order valence-electron chi connectivity index (χ3n) is 12.4. The van der Waals surface area contributed by atoms with Crippen molar-refractivity contribution < 1.29 is 4.42 Å². The molecule has 6 nitrogen and oxygen atoms in total. The minimum absolute atomic E-state index is 0.563. The van der Waals surface area contributed by atoms with Crippen molar-refractivity contribution in [3.63, 3.8) is 0 Å². The zero-order chi connectivity index (χ0) is 37.6. The van der Waals surface area contributed by atoms with E-state index in [9.17, 15) is 0 Å². The van der Waals surface area contributed by atoms with Crippen LogP contribution in [-0.4, -0.2) is 23.5 Å². The van der Waals surface area contributed by atoms with Crippen molar-refractivity contribution in [3.8, 4) is 34.0 Å². The zero-order valence-corrected chi connectivity index (χ0v) is 30.9. The Hall–Kier alpha value is -7.96. The van der Waals surface area contributed by atoms with Crippen LogP contribution in [0.4, 0.5) is 0 Å². The van der Waals surface area contributed by atoms with Crippen molar-refractivity contribution >= 4 is 93.0 Å². The summed E-state index contributed by atoms with van der Waals surface area (Å²) in [5.41, 5.74) is 14.6. The average molecular weight is 740 g/mol. The third-order valence-corrected chi connectivity index (χ3v) is 12.4. The first-order valence-electron chi connectivity index (χ1n) is 19.7. The molecule has 0 aliphatic heterocycles. The molecular weight excluding hydrogens is 711 g/mol. The molecule has 0 aliphatic carbocycles. The van der Waals surface area contributed by atoms with Crippen LogP contribution in [-0.2, 0) is 0 Å². The number of fused-ring (bicyclic) bond motifs is 7. The molecule has 0 radical (unpaired) electrons. The van der Waals surface area contributed by atoms with Gasteiger partial charge in [-0.25, -0.2) is 4.98 Å². The Morgan fingerprint density at radius 3 is 1.88 bits per heavy atom. The van der Waals surface area contributed by atoms with E-state index in [2.05, 4.69) is 177 Å². The first kappa shape index (κ1) is 30.3. The lowest BCUT2D eigenvalue weighted by Crippen LogP contribution is -2.03. The summed E-state index contributed by atoms with van der Waals surface area (Å²) >= 11 is 0. The number of hydrogen-bond acceptors (Lipinski definition) is 3. The summed E-state index contributed by atoms with van der Waals surface area (Å²) in [5, 5.41) is 9.22. The second-order valence-electron chi connectivity index (χ2n) is 15.3. The van der Waals surface area contributed by atoms with Gasteiger partial charge in [0.15, 0.2) is 0 Å². The molecule has 6 heteroatoms. The summed E-state index contributed by atoms with van der Waals surface area (Å²) in [6.45, 7) is 0. The first-order valence-corrected chi connectivity index (χ1v) is 19.7. The fourth-order valence-electron chi connectivity index (χ4n) is 10.1. The van der Waals surface area contributed by atoms with Crippen molar-refractivity contribution in [2.24, 2.45) is 0 Å². The molecular formula is C52H29N5O. The maximum Gasteiger partial charge on any atom is 0.238 e. The minimum Gasteiger partial charge on any atom is -0.437 e. The van der Waals surface area contributed by atoms with Crippen LogP contribution in [0.3, 0.4) is 0 Å². The van der Waals surface area contributed by atoms with E-state index in [1.165, 1.54) is 59.9 Å². The summed E-state index contributed by atoms with van der Waals surface area (Å²) in [7, 11) is 0. The first-order chi connectivity index (χ1) is 28.8. The molecule has 6 aromatic heterocycles. The van der Waals surface area contributed by atoms with E-state index < -0.39 is 0 Å². The van der Waals surface area contributed by atoms with Crippen LogP contribution in [0.1, 0.15) is 0 Å². The largest absolute Gasteiger partial charge is 0.437 e. The van der Waals surface area contributed by atoms with Gasteiger partial charge < -0.3 is 13.4 Å². The molecule has 0 N–H and O–H groups in total. The Kier molecular flexibility index (Phi) is 5.68. The van der Waals surface area contributed by atoms with Crippen molar-refractivity contribution in [1.29, 1.82) is 0 Å². The molecule has 0 amide bonds. The average Bonchev–Trinajstić information content (AvgIpc) is 4.00. The molecule has 0 atom stereocenters. The monoisotopic (exact) mass is 739 g/mol.